The first-order chi connectivity index (χ1) is 17.5. The maximum Gasteiger partial charge on any atom is 0.254 e. The molecule has 6 rings (SSSR count). The van der Waals surface area contributed by atoms with Crippen molar-refractivity contribution < 1.29 is 9.59 Å². The summed E-state index contributed by atoms with van der Waals surface area (Å²) >= 11 is 3.54. The molecule has 3 aromatic rings. The van der Waals surface area contributed by atoms with Crippen LogP contribution >= 0.6 is 15.9 Å². The number of hydrogen-bond donors (Lipinski definition) is 0. The standard InChI is InChI=1S/C28H32BrN5O2/c1-31-12-14-32(15-13-31)28(36)22-6-9-24-25(16-22)34(26(30-24)20-4-7-23(29)8-5-20)18-19-10-11-33(17-19)27(35)21-2-3-21/h4-9,16,19,21H,2-3,10-15,17-18H2,1H3/t19-/m1/s1. The number of fused-ring (bicyclic) bond motifs is 1. The van der Waals surface area contributed by atoms with Gasteiger partial charge in [-0.05, 0) is 62.6 Å². The Morgan fingerprint density at radius 2 is 1.69 bits per heavy atom. The Morgan fingerprint density at radius 1 is 0.944 bits per heavy atom. The van der Waals surface area contributed by atoms with E-state index in [1.165, 1.54) is 0 Å². The molecule has 36 heavy (non-hydrogen) atoms. The zero-order valence-corrected chi connectivity index (χ0v) is 22.3. The van der Waals surface area contributed by atoms with Crippen molar-refractivity contribution in [1.82, 2.24) is 24.3 Å². The number of likely N-dealkylation sites (tertiary alicyclic amines) is 1. The largest absolute Gasteiger partial charge is 0.342 e. The summed E-state index contributed by atoms with van der Waals surface area (Å²) in [7, 11) is 2.10. The molecular weight excluding hydrogens is 518 g/mol. The van der Waals surface area contributed by atoms with Crippen molar-refractivity contribution in [1.29, 1.82) is 0 Å². The van der Waals surface area contributed by atoms with Crippen molar-refractivity contribution in [2.24, 2.45) is 11.8 Å². The molecule has 0 bridgehead atoms. The number of nitrogens with zero attached hydrogens (tertiary/aromatic N) is 5. The maximum atomic E-state index is 13.3. The molecular formula is C28H32BrN5O2. The minimum atomic E-state index is 0.0880. The summed E-state index contributed by atoms with van der Waals surface area (Å²) in [6.45, 7) is 5.73. The second-order valence-corrected chi connectivity index (χ2v) is 11.5. The predicted molar refractivity (Wildman–Crippen MR) is 144 cm³/mol. The number of benzene rings is 2. The van der Waals surface area contributed by atoms with Crippen molar-refractivity contribution >= 4 is 38.8 Å². The molecule has 3 aliphatic rings. The number of hydrogen-bond acceptors (Lipinski definition) is 4. The van der Waals surface area contributed by atoms with Crippen molar-refractivity contribution in [3.05, 3.63) is 52.5 Å². The van der Waals surface area contributed by atoms with E-state index in [1.54, 1.807) is 0 Å². The Labute approximate surface area is 220 Å². The molecule has 0 unspecified atom stereocenters. The molecule has 7 nitrogen and oxygen atoms in total. The van der Waals surface area contributed by atoms with Gasteiger partial charge >= 0.3 is 0 Å². The molecule has 0 spiro atoms. The Balaban J connectivity index is 1.33. The minimum absolute atomic E-state index is 0.0880. The fourth-order valence-electron chi connectivity index (χ4n) is 5.48. The molecule has 1 saturated carbocycles. The SMILES string of the molecule is CN1CCN(C(=O)c2ccc3nc(-c4ccc(Br)cc4)n(C[C@@H]4CCN(C(=O)C5CC5)C4)c3c2)CC1. The van der Waals surface area contributed by atoms with Gasteiger partial charge in [-0.1, -0.05) is 28.1 Å². The van der Waals surface area contributed by atoms with Gasteiger partial charge in [0.15, 0.2) is 0 Å². The van der Waals surface area contributed by atoms with Crippen LogP contribution < -0.4 is 0 Å². The van der Waals surface area contributed by atoms with E-state index in [9.17, 15) is 9.59 Å². The normalized spacial score (nSPS) is 20.9. The van der Waals surface area contributed by atoms with Crippen molar-refractivity contribution in [3.63, 3.8) is 0 Å². The highest BCUT2D eigenvalue weighted by Gasteiger charge is 2.37. The molecule has 3 fully saturated rings. The van der Waals surface area contributed by atoms with Gasteiger partial charge in [-0.2, -0.15) is 0 Å². The van der Waals surface area contributed by atoms with Gasteiger partial charge in [0.2, 0.25) is 5.91 Å². The lowest BCUT2D eigenvalue weighted by Crippen LogP contribution is -2.47. The van der Waals surface area contributed by atoms with Crippen LogP contribution in [0, 0.1) is 11.8 Å². The highest BCUT2D eigenvalue weighted by Crippen LogP contribution is 2.34. The molecule has 1 aromatic heterocycles. The molecule has 1 atom stereocenters. The zero-order chi connectivity index (χ0) is 24.8. The van der Waals surface area contributed by atoms with Gasteiger partial charge in [-0.3, -0.25) is 9.59 Å². The molecule has 2 saturated heterocycles. The predicted octanol–water partition coefficient (Wildman–Crippen LogP) is 4.11. The lowest BCUT2D eigenvalue weighted by Gasteiger charge is -2.32. The van der Waals surface area contributed by atoms with E-state index in [0.29, 0.717) is 17.4 Å². The number of likely N-dealkylation sites (N-methyl/N-ethyl adjacent to an activating group) is 1. The van der Waals surface area contributed by atoms with Gasteiger partial charge in [-0.15, -0.1) is 0 Å². The summed E-state index contributed by atoms with van der Waals surface area (Å²) in [4.78, 5) is 37.2. The summed E-state index contributed by atoms with van der Waals surface area (Å²) < 4.78 is 3.30. The van der Waals surface area contributed by atoms with Gasteiger partial charge in [-0.25, -0.2) is 4.98 Å². The molecule has 1 aliphatic carbocycles. The number of carbonyl (C=O) groups excluding carboxylic acids is 2. The molecule has 2 aromatic carbocycles. The quantitative estimate of drug-likeness (QED) is 0.480. The van der Waals surface area contributed by atoms with E-state index >= 15 is 0 Å². The average Bonchev–Trinajstić information content (AvgIpc) is 3.54. The van der Waals surface area contributed by atoms with Crippen LogP contribution in [0.1, 0.15) is 29.6 Å². The molecule has 188 valence electrons. The van der Waals surface area contributed by atoms with Crippen LogP contribution in [0.25, 0.3) is 22.4 Å². The lowest BCUT2D eigenvalue weighted by molar-refractivity contribution is -0.131. The number of amides is 2. The van der Waals surface area contributed by atoms with E-state index in [2.05, 4.69) is 49.5 Å². The van der Waals surface area contributed by atoms with Crippen molar-refractivity contribution in [2.45, 2.75) is 25.8 Å². The fourth-order valence-corrected chi connectivity index (χ4v) is 5.74. The van der Waals surface area contributed by atoms with Gasteiger partial charge in [0.25, 0.3) is 5.91 Å². The van der Waals surface area contributed by atoms with Crippen molar-refractivity contribution in [2.75, 3.05) is 46.3 Å². The van der Waals surface area contributed by atoms with E-state index < -0.39 is 0 Å². The van der Waals surface area contributed by atoms with Gasteiger partial charge < -0.3 is 19.3 Å². The Morgan fingerprint density at radius 3 is 2.42 bits per heavy atom. The Hall–Kier alpha value is -2.71. The van der Waals surface area contributed by atoms with Gasteiger partial charge in [0, 0.05) is 67.3 Å². The Bertz CT molecular complexity index is 1290. The number of imidazole rings is 1. The molecule has 3 heterocycles. The van der Waals surface area contributed by atoms with Crippen LogP contribution in [-0.4, -0.2) is 82.4 Å². The smallest absolute Gasteiger partial charge is 0.254 e. The first-order valence-electron chi connectivity index (χ1n) is 13.0. The first-order valence-corrected chi connectivity index (χ1v) is 13.8. The topological polar surface area (TPSA) is 61.7 Å². The van der Waals surface area contributed by atoms with E-state index in [-0.39, 0.29) is 11.8 Å². The monoisotopic (exact) mass is 549 g/mol. The van der Waals surface area contributed by atoms with Gasteiger partial charge in [0.1, 0.15) is 5.82 Å². The third kappa shape index (κ3) is 4.68. The molecule has 8 heteroatoms. The maximum absolute atomic E-state index is 13.3. The summed E-state index contributed by atoms with van der Waals surface area (Å²) in [6, 6.07) is 14.1. The number of piperazine rings is 1. The number of aromatic nitrogens is 2. The Kier molecular flexibility index (Phi) is 6.33. The second-order valence-electron chi connectivity index (χ2n) is 10.6. The van der Waals surface area contributed by atoms with Crippen molar-refractivity contribution in [3.8, 4) is 11.4 Å². The molecule has 0 N–H and O–H groups in total. The van der Waals surface area contributed by atoms with Crippen LogP contribution in [0.4, 0.5) is 0 Å². The van der Waals surface area contributed by atoms with Gasteiger partial charge in [0.05, 0.1) is 11.0 Å². The highest BCUT2D eigenvalue weighted by molar-refractivity contribution is 9.10. The summed E-state index contributed by atoms with van der Waals surface area (Å²) in [5.41, 5.74) is 3.64. The van der Waals surface area contributed by atoms with Crippen LogP contribution in [0.2, 0.25) is 0 Å². The second kappa shape index (κ2) is 9.63. The number of rotatable bonds is 5. The molecule has 0 radical (unpaired) electrons. The van der Waals surface area contributed by atoms with Crippen LogP contribution in [0.15, 0.2) is 46.9 Å². The highest BCUT2D eigenvalue weighted by atomic mass is 79.9. The zero-order valence-electron chi connectivity index (χ0n) is 20.7. The summed E-state index contributed by atoms with van der Waals surface area (Å²) in [5, 5.41) is 0. The fraction of sp³-hybridized carbons (Fsp3) is 0.464. The number of halogens is 1. The van der Waals surface area contributed by atoms with E-state index in [4.69, 9.17) is 4.98 Å². The van der Waals surface area contributed by atoms with Crippen LogP contribution in [0.3, 0.4) is 0 Å². The minimum Gasteiger partial charge on any atom is -0.342 e. The lowest BCUT2D eigenvalue weighted by atomic mass is 10.1. The molecule has 2 amide bonds. The summed E-state index contributed by atoms with van der Waals surface area (Å²) in [6.07, 6.45) is 3.09. The van der Waals surface area contributed by atoms with E-state index in [0.717, 1.165) is 92.0 Å². The third-order valence-electron chi connectivity index (χ3n) is 7.85. The first kappa shape index (κ1) is 23.7. The van der Waals surface area contributed by atoms with E-state index in [1.807, 2.05) is 35.2 Å². The summed E-state index contributed by atoms with van der Waals surface area (Å²) in [5.74, 6) is 1.97. The van der Waals surface area contributed by atoms with Crippen LogP contribution in [0.5, 0.6) is 0 Å². The third-order valence-corrected chi connectivity index (χ3v) is 8.38. The molecule has 2 aliphatic heterocycles. The number of carbonyl (C=O) groups is 2. The van der Waals surface area contributed by atoms with Crippen LogP contribution in [-0.2, 0) is 11.3 Å². The average molecular weight is 551 g/mol.